The number of carbonyl (C=O) groups excluding carboxylic acids is 1. The molecule has 1 amide bonds. The first kappa shape index (κ1) is 15.9. The van der Waals surface area contributed by atoms with Crippen LogP contribution in [0, 0.1) is 5.92 Å². The second-order valence-electron chi connectivity index (χ2n) is 7.05. The van der Waals surface area contributed by atoms with Crippen LogP contribution in [0.25, 0.3) is 0 Å². The number of nitrogens with zero attached hydrogens (tertiary/aromatic N) is 3. The van der Waals surface area contributed by atoms with Crippen LogP contribution in [0.5, 0.6) is 0 Å². The molecule has 3 heterocycles. The topological polar surface area (TPSA) is 38.1 Å². The van der Waals surface area contributed by atoms with E-state index >= 15 is 0 Å². The quantitative estimate of drug-likeness (QED) is 0.827. The third-order valence-electron chi connectivity index (χ3n) is 5.62. The van der Waals surface area contributed by atoms with Gasteiger partial charge in [0.25, 0.3) is 0 Å². The number of piperidine rings is 1. The van der Waals surface area contributed by atoms with E-state index in [1.54, 1.807) is 11.3 Å². The Bertz CT molecular complexity index is 644. The highest BCUT2D eigenvalue weighted by molar-refractivity contribution is 7.09. The van der Waals surface area contributed by atoms with Crippen molar-refractivity contribution in [2.75, 3.05) is 6.54 Å². The van der Waals surface area contributed by atoms with Gasteiger partial charge in [0, 0.05) is 42.5 Å². The minimum Gasteiger partial charge on any atom is -0.351 e. The number of hydrogen-bond acceptors (Lipinski definition) is 3. The van der Waals surface area contributed by atoms with Crippen molar-refractivity contribution in [3.63, 3.8) is 0 Å². The Hall–Kier alpha value is -1.62. The Balaban J connectivity index is 1.41. The van der Waals surface area contributed by atoms with E-state index in [2.05, 4.69) is 39.0 Å². The highest BCUT2D eigenvalue weighted by Crippen LogP contribution is 2.37. The summed E-state index contributed by atoms with van der Waals surface area (Å²) in [6, 6.07) is 4.96. The first-order valence-electron chi connectivity index (χ1n) is 9.15. The first-order valence-corrected chi connectivity index (χ1v) is 10.0. The lowest BCUT2D eigenvalue weighted by molar-refractivity contribution is -0.140. The fourth-order valence-electron chi connectivity index (χ4n) is 4.30. The molecule has 2 aromatic rings. The number of rotatable bonds is 3. The Morgan fingerprint density at radius 1 is 1.08 bits per heavy atom. The van der Waals surface area contributed by atoms with Gasteiger partial charge in [-0.15, -0.1) is 11.3 Å². The van der Waals surface area contributed by atoms with E-state index in [1.165, 1.54) is 6.42 Å². The Morgan fingerprint density at radius 2 is 1.88 bits per heavy atom. The SMILES string of the molecule is O=C(C1CCC(n2cccc2)CC1)N1CCCCC1c1nccs1. The molecule has 1 aliphatic carbocycles. The molecule has 1 saturated carbocycles. The van der Waals surface area contributed by atoms with Gasteiger partial charge in [0.2, 0.25) is 5.91 Å². The number of hydrogen-bond donors (Lipinski definition) is 0. The minimum absolute atomic E-state index is 0.206. The number of aromatic nitrogens is 2. The Morgan fingerprint density at radius 3 is 2.58 bits per heavy atom. The summed E-state index contributed by atoms with van der Waals surface area (Å²) in [5.74, 6) is 0.582. The van der Waals surface area contributed by atoms with Crippen molar-refractivity contribution < 1.29 is 4.79 Å². The van der Waals surface area contributed by atoms with Gasteiger partial charge < -0.3 is 9.47 Å². The highest BCUT2D eigenvalue weighted by atomic mass is 32.1. The number of carbonyl (C=O) groups is 1. The second-order valence-corrected chi connectivity index (χ2v) is 7.98. The van der Waals surface area contributed by atoms with Crippen LogP contribution in [0.2, 0.25) is 0 Å². The van der Waals surface area contributed by atoms with Crippen molar-refractivity contribution in [3.05, 3.63) is 41.1 Å². The molecule has 2 fully saturated rings. The molecular formula is C19H25N3OS. The van der Waals surface area contributed by atoms with Gasteiger partial charge in [-0.1, -0.05) is 0 Å². The third kappa shape index (κ3) is 3.14. The molecule has 0 radical (unpaired) electrons. The summed E-state index contributed by atoms with van der Waals surface area (Å²) in [5, 5.41) is 3.14. The van der Waals surface area contributed by atoms with Crippen molar-refractivity contribution in [3.8, 4) is 0 Å². The lowest BCUT2D eigenvalue weighted by atomic mass is 9.84. The van der Waals surface area contributed by atoms with Gasteiger partial charge in [-0.25, -0.2) is 4.98 Å². The van der Waals surface area contributed by atoms with Crippen LogP contribution in [0.15, 0.2) is 36.1 Å². The zero-order chi connectivity index (χ0) is 16.4. The van der Waals surface area contributed by atoms with E-state index in [-0.39, 0.29) is 12.0 Å². The van der Waals surface area contributed by atoms with Crippen molar-refractivity contribution in [2.45, 2.75) is 57.0 Å². The zero-order valence-corrected chi connectivity index (χ0v) is 14.8. The van der Waals surface area contributed by atoms with Crippen LogP contribution in [-0.4, -0.2) is 26.9 Å². The van der Waals surface area contributed by atoms with Crippen molar-refractivity contribution >= 4 is 17.2 Å². The maximum atomic E-state index is 13.1. The summed E-state index contributed by atoms with van der Waals surface area (Å²) in [4.78, 5) is 19.8. The van der Waals surface area contributed by atoms with Crippen molar-refractivity contribution in [1.82, 2.24) is 14.5 Å². The van der Waals surface area contributed by atoms with Gasteiger partial charge in [0.15, 0.2) is 0 Å². The van der Waals surface area contributed by atoms with Crippen molar-refractivity contribution in [1.29, 1.82) is 0 Å². The molecule has 4 rings (SSSR count). The van der Waals surface area contributed by atoms with Crippen LogP contribution in [0.3, 0.4) is 0 Å². The molecule has 24 heavy (non-hydrogen) atoms. The van der Waals surface area contributed by atoms with Gasteiger partial charge in [0.05, 0.1) is 6.04 Å². The average molecular weight is 343 g/mol. The summed E-state index contributed by atoms with van der Waals surface area (Å²) in [5.41, 5.74) is 0. The van der Waals surface area contributed by atoms with Crippen LogP contribution >= 0.6 is 11.3 Å². The molecule has 1 unspecified atom stereocenters. The number of likely N-dealkylation sites (tertiary alicyclic amines) is 1. The zero-order valence-electron chi connectivity index (χ0n) is 14.0. The maximum Gasteiger partial charge on any atom is 0.226 e. The fourth-order valence-corrected chi connectivity index (χ4v) is 5.08. The first-order chi connectivity index (χ1) is 11.8. The van der Waals surface area contributed by atoms with Gasteiger partial charge in [-0.2, -0.15) is 0 Å². The molecule has 1 saturated heterocycles. The Labute approximate surface area is 147 Å². The number of thiazole rings is 1. The van der Waals surface area contributed by atoms with Crippen molar-refractivity contribution in [2.24, 2.45) is 5.92 Å². The average Bonchev–Trinajstić information content (AvgIpc) is 3.35. The van der Waals surface area contributed by atoms with Gasteiger partial charge in [-0.05, 0) is 57.1 Å². The molecule has 5 heteroatoms. The minimum atomic E-state index is 0.206. The standard InChI is InChI=1S/C19H25N3OS/c23-19(15-6-8-16(9-7-15)21-11-3-4-12-21)22-13-2-1-5-17(22)18-20-10-14-24-18/h3-4,10-12,14-17H,1-2,5-9,13H2. The largest absolute Gasteiger partial charge is 0.351 e. The molecule has 0 spiro atoms. The summed E-state index contributed by atoms with van der Waals surface area (Å²) in [7, 11) is 0. The third-order valence-corrected chi connectivity index (χ3v) is 6.49. The molecule has 1 aliphatic heterocycles. The molecule has 128 valence electrons. The van der Waals surface area contributed by atoms with E-state index < -0.39 is 0 Å². The normalized spacial score (nSPS) is 28.0. The molecule has 0 aromatic carbocycles. The van der Waals surface area contributed by atoms with Gasteiger partial charge in [-0.3, -0.25) is 4.79 Å². The molecule has 0 bridgehead atoms. The molecule has 0 N–H and O–H groups in total. The molecule has 2 aliphatic rings. The maximum absolute atomic E-state index is 13.1. The van der Waals surface area contributed by atoms with E-state index in [1.807, 2.05) is 11.6 Å². The fraction of sp³-hybridized carbons (Fsp3) is 0.579. The summed E-state index contributed by atoms with van der Waals surface area (Å²) in [6.07, 6.45) is 13.8. The lowest BCUT2D eigenvalue weighted by Gasteiger charge is -2.38. The van der Waals surface area contributed by atoms with E-state index in [0.29, 0.717) is 11.9 Å². The number of amides is 1. The molecule has 1 atom stereocenters. The van der Waals surface area contributed by atoms with E-state index in [0.717, 1.165) is 50.1 Å². The molecular weight excluding hydrogens is 318 g/mol. The Kier molecular flexibility index (Phi) is 4.69. The van der Waals surface area contributed by atoms with E-state index in [4.69, 9.17) is 0 Å². The van der Waals surface area contributed by atoms with Gasteiger partial charge >= 0.3 is 0 Å². The summed E-state index contributed by atoms with van der Waals surface area (Å²) < 4.78 is 2.31. The predicted octanol–water partition coefficient (Wildman–Crippen LogP) is 4.43. The van der Waals surface area contributed by atoms with Crippen LogP contribution in [0.1, 0.15) is 62.0 Å². The van der Waals surface area contributed by atoms with Crippen LogP contribution in [-0.2, 0) is 4.79 Å². The van der Waals surface area contributed by atoms with Gasteiger partial charge in [0.1, 0.15) is 5.01 Å². The van der Waals surface area contributed by atoms with Crippen LogP contribution < -0.4 is 0 Å². The summed E-state index contributed by atoms with van der Waals surface area (Å²) >= 11 is 1.69. The lowest BCUT2D eigenvalue weighted by Crippen LogP contribution is -2.42. The summed E-state index contributed by atoms with van der Waals surface area (Å²) in [6.45, 7) is 0.903. The predicted molar refractivity (Wildman–Crippen MR) is 95.8 cm³/mol. The molecule has 4 nitrogen and oxygen atoms in total. The van der Waals surface area contributed by atoms with E-state index in [9.17, 15) is 4.79 Å². The molecule has 2 aromatic heterocycles. The van der Waals surface area contributed by atoms with Crippen LogP contribution in [0.4, 0.5) is 0 Å². The highest BCUT2D eigenvalue weighted by Gasteiger charge is 2.35. The second kappa shape index (κ2) is 7.09. The monoisotopic (exact) mass is 343 g/mol. The smallest absolute Gasteiger partial charge is 0.226 e.